The van der Waals surface area contributed by atoms with Crippen molar-refractivity contribution in [3.63, 3.8) is 0 Å². The lowest BCUT2D eigenvalue weighted by Gasteiger charge is -2.34. The lowest BCUT2D eigenvalue weighted by molar-refractivity contribution is -0.135. The van der Waals surface area contributed by atoms with Crippen molar-refractivity contribution in [2.45, 2.75) is 37.1 Å². The van der Waals surface area contributed by atoms with E-state index >= 15 is 0 Å². The molecule has 1 saturated heterocycles. The molecule has 0 unspecified atom stereocenters. The predicted octanol–water partition coefficient (Wildman–Crippen LogP) is 2.50. The predicted molar refractivity (Wildman–Crippen MR) is 107 cm³/mol. The van der Waals surface area contributed by atoms with E-state index in [4.69, 9.17) is 0 Å². The van der Waals surface area contributed by atoms with Gasteiger partial charge in [-0.2, -0.15) is 0 Å². The number of alkyl halides is 2. The Kier molecular flexibility index (Phi) is 4.50. The normalized spacial score (nSPS) is 19.5. The van der Waals surface area contributed by atoms with Crippen LogP contribution in [0.5, 0.6) is 0 Å². The van der Waals surface area contributed by atoms with Crippen molar-refractivity contribution in [2.75, 3.05) is 6.54 Å². The summed E-state index contributed by atoms with van der Waals surface area (Å²) in [5, 5.41) is 2.54. The minimum atomic E-state index is -2.84. The minimum absolute atomic E-state index is 0.147. The second-order valence-corrected chi connectivity index (χ2v) is 8.05. The number of amides is 3. The Bertz CT molecular complexity index is 1230. The van der Waals surface area contributed by atoms with Crippen molar-refractivity contribution in [3.05, 3.63) is 48.5 Å². The molecule has 1 spiro atoms. The number of Topliss-reactive ketones (excluding diaryl/α,β-unsaturated/α-hetero) is 1. The van der Waals surface area contributed by atoms with Crippen LogP contribution >= 0.6 is 0 Å². The van der Waals surface area contributed by atoms with Crippen LogP contribution in [0.3, 0.4) is 0 Å². The van der Waals surface area contributed by atoms with Crippen LogP contribution in [0, 0.1) is 0 Å². The number of imidazole rings is 1. The number of halogens is 2. The van der Waals surface area contributed by atoms with Gasteiger partial charge in [-0.15, -0.1) is 0 Å². The number of carbonyl (C=O) groups is 3. The van der Waals surface area contributed by atoms with Gasteiger partial charge < -0.3 is 5.32 Å². The Balaban J connectivity index is 1.31. The molecule has 1 aliphatic carbocycles. The Morgan fingerprint density at radius 2 is 1.69 bits per heavy atom. The van der Waals surface area contributed by atoms with Crippen LogP contribution in [0.4, 0.5) is 13.6 Å². The van der Waals surface area contributed by atoms with Crippen LogP contribution < -0.4 is 5.32 Å². The van der Waals surface area contributed by atoms with Gasteiger partial charge in [0.15, 0.2) is 17.1 Å². The second-order valence-electron chi connectivity index (χ2n) is 8.05. The zero-order valence-corrected chi connectivity index (χ0v) is 16.8. The number of benzene rings is 1. The van der Waals surface area contributed by atoms with Crippen LogP contribution in [0.25, 0.3) is 17.0 Å². The van der Waals surface area contributed by atoms with E-state index in [1.54, 1.807) is 47.6 Å². The maximum atomic E-state index is 13.5. The van der Waals surface area contributed by atoms with Crippen molar-refractivity contribution in [3.8, 4) is 5.69 Å². The first kappa shape index (κ1) is 20.2. The van der Waals surface area contributed by atoms with E-state index in [-0.39, 0.29) is 12.8 Å². The highest BCUT2D eigenvalue weighted by atomic mass is 19.3. The molecule has 11 heteroatoms. The van der Waals surface area contributed by atoms with Crippen molar-refractivity contribution in [1.82, 2.24) is 29.7 Å². The molecule has 1 aromatic carbocycles. The average Bonchev–Trinajstić information content (AvgIpc) is 3.31. The standard InChI is InChI=1S/C21H18F2N6O3/c22-21(23)7-5-20(6-8-21)18(31)28(19(32)27-20)11-15(30)13-1-3-14(4-2-13)29-12-26-16-17(29)25-10-9-24-16/h1-4,9-10,12H,5-8,11H2,(H,27,32). The Morgan fingerprint density at radius 1 is 1.00 bits per heavy atom. The first-order valence-electron chi connectivity index (χ1n) is 10.1. The summed E-state index contributed by atoms with van der Waals surface area (Å²) in [5.74, 6) is -3.90. The molecule has 3 amide bonds. The number of nitrogens with zero attached hydrogens (tertiary/aromatic N) is 5. The van der Waals surface area contributed by atoms with Gasteiger partial charge in [0.1, 0.15) is 11.9 Å². The smallest absolute Gasteiger partial charge is 0.323 e. The summed E-state index contributed by atoms with van der Waals surface area (Å²) in [6.45, 7) is -0.457. The number of urea groups is 1. The molecule has 164 valence electrons. The number of nitrogens with one attached hydrogen (secondary N) is 1. The summed E-state index contributed by atoms with van der Waals surface area (Å²) in [5.41, 5.74) is 0.726. The summed E-state index contributed by atoms with van der Waals surface area (Å²) in [6.07, 6.45) is 3.42. The van der Waals surface area contributed by atoms with Crippen LogP contribution in [0.1, 0.15) is 36.0 Å². The third-order valence-electron chi connectivity index (χ3n) is 6.03. The molecule has 2 aliphatic rings. The molecule has 0 radical (unpaired) electrons. The highest BCUT2D eigenvalue weighted by molar-refractivity contribution is 6.11. The third-order valence-corrected chi connectivity index (χ3v) is 6.03. The molecule has 1 N–H and O–H groups in total. The van der Waals surface area contributed by atoms with E-state index < -0.39 is 48.6 Å². The topological polar surface area (TPSA) is 110 Å². The molecule has 9 nitrogen and oxygen atoms in total. The van der Waals surface area contributed by atoms with Gasteiger partial charge in [-0.05, 0) is 37.1 Å². The van der Waals surface area contributed by atoms with Gasteiger partial charge >= 0.3 is 6.03 Å². The van der Waals surface area contributed by atoms with E-state index in [9.17, 15) is 23.2 Å². The number of carbonyl (C=O) groups excluding carboxylic acids is 3. The maximum absolute atomic E-state index is 13.5. The number of hydrogen-bond acceptors (Lipinski definition) is 6. The molecule has 0 atom stereocenters. The van der Waals surface area contributed by atoms with E-state index in [0.717, 1.165) is 4.90 Å². The number of hydrogen-bond donors (Lipinski definition) is 1. The van der Waals surface area contributed by atoms with Crippen LogP contribution in [0.15, 0.2) is 43.0 Å². The Labute approximate surface area is 180 Å². The molecule has 32 heavy (non-hydrogen) atoms. The summed E-state index contributed by atoms with van der Waals surface area (Å²) >= 11 is 0. The molecular weight excluding hydrogens is 422 g/mol. The van der Waals surface area contributed by atoms with Gasteiger partial charge in [0, 0.05) is 36.5 Å². The zero-order chi connectivity index (χ0) is 22.5. The fourth-order valence-corrected chi connectivity index (χ4v) is 4.18. The van der Waals surface area contributed by atoms with Crippen molar-refractivity contribution < 1.29 is 23.2 Å². The molecule has 3 heterocycles. The van der Waals surface area contributed by atoms with Crippen LogP contribution in [0.2, 0.25) is 0 Å². The van der Waals surface area contributed by atoms with Crippen LogP contribution in [-0.4, -0.2) is 60.1 Å². The van der Waals surface area contributed by atoms with Crippen molar-refractivity contribution >= 4 is 29.0 Å². The van der Waals surface area contributed by atoms with Gasteiger partial charge in [0.2, 0.25) is 5.92 Å². The first-order chi connectivity index (χ1) is 15.3. The Hall–Kier alpha value is -3.76. The Morgan fingerprint density at radius 3 is 2.41 bits per heavy atom. The van der Waals surface area contributed by atoms with E-state index in [1.807, 2.05) is 0 Å². The fourth-order valence-electron chi connectivity index (χ4n) is 4.18. The number of fused-ring (bicyclic) bond motifs is 1. The number of imide groups is 1. The van der Waals surface area contributed by atoms with Gasteiger partial charge in [-0.25, -0.2) is 28.5 Å². The second kappa shape index (κ2) is 7.14. The molecule has 1 aliphatic heterocycles. The van der Waals surface area contributed by atoms with Crippen molar-refractivity contribution in [2.24, 2.45) is 0 Å². The third kappa shape index (κ3) is 3.29. The molecule has 2 aromatic heterocycles. The van der Waals surface area contributed by atoms with Crippen molar-refractivity contribution in [1.29, 1.82) is 0 Å². The van der Waals surface area contributed by atoms with E-state index in [2.05, 4.69) is 20.3 Å². The monoisotopic (exact) mass is 440 g/mol. The number of aromatic nitrogens is 4. The molecule has 2 fully saturated rings. The fraction of sp³-hybridized carbons (Fsp3) is 0.333. The summed E-state index contributed by atoms with van der Waals surface area (Å²) in [4.78, 5) is 51.3. The lowest BCUT2D eigenvalue weighted by atomic mass is 9.80. The quantitative estimate of drug-likeness (QED) is 0.493. The summed E-state index contributed by atoms with van der Waals surface area (Å²) < 4.78 is 28.7. The highest BCUT2D eigenvalue weighted by Crippen LogP contribution is 2.41. The molecular formula is C21H18F2N6O3. The summed E-state index contributed by atoms with van der Waals surface area (Å²) in [7, 11) is 0. The van der Waals surface area contributed by atoms with Gasteiger partial charge in [0.25, 0.3) is 5.91 Å². The number of rotatable bonds is 4. The van der Waals surface area contributed by atoms with E-state index in [1.165, 1.54) is 0 Å². The SMILES string of the molecule is O=C(CN1C(=O)NC2(CCC(F)(F)CC2)C1=O)c1ccc(-n2cnc3nccnc32)cc1. The maximum Gasteiger partial charge on any atom is 0.325 e. The van der Waals surface area contributed by atoms with Gasteiger partial charge in [-0.1, -0.05) is 0 Å². The largest absolute Gasteiger partial charge is 0.325 e. The van der Waals surface area contributed by atoms with Gasteiger partial charge in [-0.3, -0.25) is 19.1 Å². The van der Waals surface area contributed by atoms with E-state index in [0.29, 0.717) is 22.5 Å². The lowest BCUT2D eigenvalue weighted by Crippen LogP contribution is -2.51. The zero-order valence-electron chi connectivity index (χ0n) is 16.8. The summed E-state index contributed by atoms with van der Waals surface area (Å²) in [6, 6.07) is 5.82. The highest BCUT2D eigenvalue weighted by Gasteiger charge is 2.55. The average molecular weight is 440 g/mol. The van der Waals surface area contributed by atoms with Gasteiger partial charge in [0.05, 0.1) is 6.54 Å². The number of ketones is 1. The first-order valence-corrected chi connectivity index (χ1v) is 10.1. The van der Waals surface area contributed by atoms with Crippen LogP contribution in [-0.2, 0) is 4.79 Å². The minimum Gasteiger partial charge on any atom is -0.323 e. The molecule has 5 rings (SSSR count). The molecule has 1 saturated carbocycles. The molecule has 0 bridgehead atoms. The molecule has 3 aromatic rings.